The Balaban J connectivity index is 1.70. The van der Waals surface area contributed by atoms with Crippen molar-refractivity contribution >= 4 is 5.91 Å². The van der Waals surface area contributed by atoms with Crippen LogP contribution >= 0.6 is 0 Å². The monoisotopic (exact) mass is 240 g/mol. The molecule has 1 saturated heterocycles. The minimum absolute atomic E-state index is 0.00388. The first kappa shape index (κ1) is 12.8. The molecule has 4 heteroatoms. The summed E-state index contributed by atoms with van der Waals surface area (Å²) in [6, 6.07) is 0. The topological polar surface area (TPSA) is 52.6 Å². The Morgan fingerprint density at radius 1 is 1.41 bits per heavy atom. The molecule has 2 aliphatic rings. The molecule has 3 atom stereocenters. The van der Waals surface area contributed by atoms with Gasteiger partial charge in [-0.15, -0.1) is 0 Å². The van der Waals surface area contributed by atoms with Gasteiger partial charge in [-0.2, -0.15) is 0 Å². The standard InChI is InChI=1S/C13H24N2O2/c1-9(17)14-4-10-11-5-15(6-12(10)11)7-13(2,3)8-16/h10-12,16H,4-8H2,1-3H3,(H,14,17)/t10?,11-,12?/m0/s1. The van der Waals surface area contributed by atoms with Crippen LogP contribution in [-0.2, 0) is 4.79 Å². The molecule has 0 radical (unpaired) electrons. The fraction of sp³-hybridized carbons (Fsp3) is 0.923. The largest absolute Gasteiger partial charge is 0.396 e. The van der Waals surface area contributed by atoms with Crippen LogP contribution in [0.3, 0.4) is 0 Å². The number of carbonyl (C=O) groups excluding carboxylic acids is 1. The fourth-order valence-corrected chi connectivity index (χ4v) is 3.09. The number of piperidine rings is 1. The Labute approximate surface area is 103 Å². The van der Waals surface area contributed by atoms with Crippen LogP contribution in [0.4, 0.5) is 0 Å². The molecule has 1 amide bonds. The number of amides is 1. The minimum Gasteiger partial charge on any atom is -0.396 e. The third-order valence-electron chi connectivity index (χ3n) is 4.11. The first-order valence-electron chi connectivity index (χ1n) is 6.50. The fourth-order valence-electron chi connectivity index (χ4n) is 3.09. The predicted molar refractivity (Wildman–Crippen MR) is 66.5 cm³/mol. The smallest absolute Gasteiger partial charge is 0.216 e. The summed E-state index contributed by atoms with van der Waals surface area (Å²) in [4.78, 5) is 13.3. The van der Waals surface area contributed by atoms with E-state index in [4.69, 9.17) is 0 Å². The van der Waals surface area contributed by atoms with Crippen molar-refractivity contribution in [1.82, 2.24) is 10.2 Å². The lowest BCUT2D eigenvalue weighted by atomic mass is 9.94. The summed E-state index contributed by atoms with van der Waals surface area (Å²) in [6.07, 6.45) is 0. The Morgan fingerprint density at radius 3 is 2.47 bits per heavy atom. The number of nitrogens with one attached hydrogen (secondary N) is 1. The lowest BCUT2D eigenvalue weighted by molar-refractivity contribution is -0.119. The number of hydrogen-bond acceptors (Lipinski definition) is 3. The van der Waals surface area contributed by atoms with Crippen LogP contribution in [0.2, 0.25) is 0 Å². The molecule has 98 valence electrons. The molecule has 0 aromatic rings. The number of aliphatic hydroxyl groups excluding tert-OH is 1. The summed E-state index contributed by atoms with van der Waals surface area (Å²) < 4.78 is 0. The molecule has 2 unspecified atom stereocenters. The maximum Gasteiger partial charge on any atom is 0.216 e. The third kappa shape index (κ3) is 2.99. The molecule has 0 aromatic carbocycles. The van der Waals surface area contributed by atoms with E-state index in [0.717, 1.165) is 38.0 Å². The first-order valence-corrected chi connectivity index (χ1v) is 6.50. The van der Waals surface area contributed by atoms with E-state index in [0.29, 0.717) is 5.92 Å². The maximum atomic E-state index is 10.8. The Morgan fingerprint density at radius 2 is 2.00 bits per heavy atom. The van der Waals surface area contributed by atoms with Crippen LogP contribution in [0.1, 0.15) is 20.8 Å². The highest BCUT2D eigenvalue weighted by Gasteiger charge is 2.55. The second-order valence-corrected chi connectivity index (χ2v) is 6.45. The van der Waals surface area contributed by atoms with Crippen molar-refractivity contribution in [1.29, 1.82) is 0 Å². The number of likely N-dealkylation sites (tertiary alicyclic amines) is 1. The van der Waals surface area contributed by atoms with Crippen molar-refractivity contribution in [2.45, 2.75) is 20.8 Å². The van der Waals surface area contributed by atoms with Gasteiger partial charge in [0.25, 0.3) is 0 Å². The van der Waals surface area contributed by atoms with Crippen molar-refractivity contribution < 1.29 is 9.90 Å². The molecular weight excluding hydrogens is 216 g/mol. The van der Waals surface area contributed by atoms with Gasteiger partial charge < -0.3 is 15.3 Å². The molecule has 1 saturated carbocycles. The number of hydrogen-bond donors (Lipinski definition) is 2. The molecule has 2 N–H and O–H groups in total. The molecule has 2 rings (SSSR count). The average molecular weight is 240 g/mol. The first-order chi connectivity index (χ1) is 7.93. The van der Waals surface area contributed by atoms with Crippen molar-refractivity contribution in [2.24, 2.45) is 23.2 Å². The summed E-state index contributed by atoms with van der Waals surface area (Å²) >= 11 is 0. The molecule has 0 aromatic heterocycles. The van der Waals surface area contributed by atoms with Crippen LogP contribution in [0.25, 0.3) is 0 Å². The maximum absolute atomic E-state index is 10.8. The lowest BCUT2D eigenvalue weighted by Gasteiger charge is -2.29. The Kier molecular flexibility index (Phi) is 3.46. The zero-order valence-corrected chi connectivity index (χ0v) is 11.1. The van der Waals surface area contributed by atoms with Crippen molar-refractivity contribution in [3.05, 3.63) is 0 Å². The van der Waals surface area contributed by atoms with E-state index in [1.807, 2.05) is 0 Å². The summed E-state index contributed by atoms with van der Waals surface area (Å²) in [7, 11) is 0. The average Bonchev–Trinajstić information content (AvgIpc) is 2.69. The number of aliphatic hydroxyl groups is 1. The molecule has 1 aliphatic heterocycles. The van der Waals surface area contributed by atoms with Crippen molar-refractivity contribution in [2.75, 3.05) is 32.8 Å². The van der Waals surface area contributed by atoms with Gasteiger partial charge >= 0.3 is 0 Å². The van der Waals surface area contributed by atoms with Gasteiger partial charge in [-0.3, -0.25) is 4.79 Å². The lowest BCUT2D eigenvalue weighted by Crippen LogP contribution is -2.37. The molecule has 1 heterocycles. The van der Waals surface area contributed by atoms with Crippen molar-refractivity contribution in [3.63, 3.8) is 0 Å². The minimum atomic E-state index is 0.00388. The second-order valence-electron chi connectivity index (χ2n) is 6.45. The number of nitrogens with zero attached hydrogens (tertiary/aromatic N) is 1. The Bertz CT molecular complexity index is 292. The quantitative estimate of drug-likeness (QED) is 0.727. The second kappa shape index (κ2) is 4.58. The van der Waals surface area contributed by atoms with Gasteiger partial charge in [0.15, 0.2) is 0 Å². The van der Waals surface area contributed by atoms with E-state index in [1.165, 1.54) is 0 Å². The van der Waals surface area contributed by atoms with E-state index in [1.54, 1.807) is 6.92 Å². The van der Waals surface area contributed by atoms with Crippen LogP contribution < -0.4 is 5.32 Å². The van der Waals surface area contributed by atoms with Crippen molar-refractivity contribution in [3.8, 4) is 0 Å². The van der Waals surface area contributed by atoms with Crippen LogP contribution in [0.15, 0.2) is 0 Å². The number of carbonyl (C=O) groups is 1. The van der Waals surface area contributed by atoms with E-state index in [2.05, 4.69) is 24.1 Å². The van der Waals surface area contributed by atoms with E-state index >= 15 is 0 Å². The van der Waals surface area contributed by atoms with Crippen LogP contribution in [-0.4, -0.2) is 48.7 Å². The SMILES string of the molecule is CC(=O)NCC1C2CN(CC(C)(C)CO)C[C@@H]12. The zero-order chi connectivity index (χ0) is 12.6. The van der Waals surface area contributed by atoms with Gasteiger partial charge in [-0.25, -0.2) is 0 Å². The molecule has 1 aliphatic carbocycles. The molecular formula is C13H24N2O2. The molecule has 4 nitrogen and oxygen atoms in total. The number of rotatable bonds is 5. The normalized spacial score (nSPS) is 32.4. The summed E-state index contributed by atoms with van der Waals surface area (Å²) in [6.45, 7) is 10.1. The van der Waals surface area contributed by atoms with Gasteiger partial charge in [0.2, 0.25) is 5.91 Å². The summed E-state index contributed by atoms with van der Waals surface area (Å²) in [5.74, 6) is 2.33. The van der Waals surface area contributed by atoms with Crippen LogP contribution in [0, 0.1) is 23.2 Å². The molecule has 0 bridgehead atoms. The van der Waals surface area contributed by atoms with Gasteiger partial charge in [-0.05, 0) is 17.8 Å². The van der Waals surface area contributed by atoms with Crippen LogP contribution in [0.5, 0.6) is 0 Å². The molecule has 17 heavy (non-hydrogen) atoms. The van der Waals surface area contributed by atoms with Gasteiger partial charge in [0.05, 0.1) is 0 Å². The van der Waals surface area contributed by atoms with Gasteiger partial charge in [0.1, 0.15) is 0 Å². The van der Waals surface area contributed by atoms with E-state index < -0.39 is 0 Å². The summed E-state index contributed by atoms with van der Waals surface area (Å²) in [5, 5.41) is 12.2. The molecule has 0 spiro atoms. The highest BCUT2D eigenvalue weighted by Crippen LogP contribution is 2.51. The summed E-state index contributed by atoms with van der Waals surface area (Å²) in [5.41, 5.74) is 0.00388. The van der Waals surface area contributed by atoms with E-state index in [9.17, 15) is 9.90 Å². The molecule has 2 fully saturated rings. The predicted octanol–water partition coefficient (Wildman–Crippen LogP) is 0.319. The van der Waals surface area contributed by atoms with Gasteiger partial charge in [-0.1, -0.05) is 13.8 Å². The van der Waals surface area contributed by atoms with Gasteiger partial charge in [0, 0.05) is 45.1 Å². The Hall–Kier alpha value is -0.610. The zero-order valence-electron chi connectivity index (χ0n) is 11.1. The highest BCUT2D eigenvalue weighted by atomic mass is 16.3. The van der Waals surface area contributed by atoms with E-state index in [-0.39, 0.29) is 17.9 Å². The number of fused-ring (bicyclic) bond motifs is 1. The third-order valence-corrected chi connectivity index (χ3v) is 4.11. The highest BCUT2D eigenvalue weighted by molar-refractivity contribution is 5.72.